The van der Waals surface area contributed by atoms with Crippen molar-refractivity contribution >= 4 is 24.2 Å². The highest BCUT2D eigenvalue weighted by Crippen LogP contribution is 2.25. The first-order valence-electron chi connectivity index (χ1n) is 8.20. The highest BCUT2D eigenvalue weighted by molar-refractivity contribution is 7.79. The molecule has 0 radical (unpaired) electrons. The molecule has 1 aliphatic carbocycles. The summed E-state index contributed by atoms with van der Waals surface area (Å²) in [4.78, 5) is 2.49. The van der Waals surface area contributed by atoms with E-state index in [1.54, 1.807) is 13.2 Å². The van der Waals surface area contributed by atoms with Gasteiger partial charge in [-0.15, -0.1) is 0 Å². The lowest BCUT2D eigenvalue weighted by Gasteiger charge is -2.28. The molecule has 1 aromatic rings. The van der Waals surface area contributed by atoms with E-state index in [0.717, 1.165) is 31.7 Å². The van der Waals surface area contributed by atoms with Crippen LogP contribution in [0.2, 0.25) is 0 Å². The molecule has 126 valence electrons. The molecule has 5 heteroatoms. The predicted molar refractivity (Wildman–Crippen MR) is 103 cm³/mol. The van der Waals surface area contributed by atoms with Crippen LogP contribution in [0.4, 0.5) is 0 Å². The third-order valence-electron chi connectivity index (χ3n) is 4.78. The molecular weight excluding hydrogens is 318 g/mol. The van der Waals surface area contributed by atoms with E-state index < -0.39 is 0 Å². The molecule has 2 aliphatic rings. The number of rotatable bonds is 3. The zero-order valence-corrected chi connectivity index (χ0v) is 15.0. The van der Waals surface area contributed by atoms with E-state index >= 15 is 0 Å². The summed E-state index contributed by atoms with van der Waals surface area (Å²) < 4.78 is 9.25. The van der Waals surface area contributed by atoms with Crippen LogP contribution in [0.5, 0.6) is 5.75 Å². The number of benzene rings is 1. The molecule has 1 atom stereocenters. The number of hydrogen-bond acceptors (Lipinski definition) is 5. The summed E-state index contributed by atoms with van der Waals surface area (Å²) in [5.74, 6) is 0.931. The van der Waals surface area contributed by atoms with Gasteiger partial charge in [0.1, 0.15) is 5.75 Å². The lowest BCUT2D eigenvalue weighted by atomic mass is 10.0. The second-order valence-electron chi connectivity index (χ2n) is 6.36. The van der Waals surface area contributed by atoms with E-state index in [-0.39, 0.29) is 0 Å². The van der Waals surface area contributed by atoms with Crippen LogP contribution in [0.25, 0.3) is 0 Å². The molecule has 0 saturated carbocycles. The first kappa shape index (κ1) is 17.0. The first-order valence-corrected chi connectivity index (χ1v) is 8.60. The van der Waals surface area contributed by atoms with Gasteiger partial charge in [-0.3, -0.25) is 10.3 Å². The standard InChI is InChI=1S/C19H23N3OS/c1-13-9-15-4-5-17(23-2)11-16(15)7-8-22(13)12-14-3-6-18(20)19(10-14)21-24/h3-6,10-11,13,20,24H,7-9,12H2,1-2H3/b20-18?,21-19-. The van der Waals surface area contributed by atoms with Crippen molar-refractivity contribution < 1.29 is 4.74 Å². The maximum atomic E-state index is 7.82. The molecular formula is C19H23N3OS. The third-order valence-corrected chi connectivity index (χ3v) is 4.99. The number of hydrogen-bond donors (Lipinski definition) is 2. The largest absolute Gasteiger partial charge is 0.497 e. The Bertz CT molecular complexity index is 736. The van der Waals surface area contributed by atoms with Crippen molar-refractivity contribution in [2.45, 2.75) is 25.8 Å². The highest BCUT2D eigenvalue weighted by Gasteiger charge is 2.22. The molecule has 0 spiro atoms. The van der Waals surface area contributed by atoms with Crippen molar-refractivity contribution in [1.29, 1.82) is 5.41 Å². The van der Waals surface area contributed by atoms with Gasteiger partial charge in [-0.2, -0.15) is 0 Å². The zero-order valence-electron chi connectivity index (χ0n) is 14.1. The van der Waals surface area contributed by atoms with Crippen molar-refractivity contribution in [3.63, 3.8) is 0 Å². The Morgan fingerprint density at radius 1 is 1.33 bits per heavy atom. The Labute approximate surface area is 149 Å². The van der Waals surface area contributed by atoms with Gasteiger partial charge in [-0.1, -0.05) is 12.1 Å². The summed E-state index contributed by atoms with van der Waals surface area (Å²) in [5.41, 5.74) is 5.02. The number of allylic oxidation sites excluding steroid dienone is 2. The van der Waals surface area contributed by atoms with Gasteiger partial charge in [0.15, 0.2) is 0 Å². The average Bonchev–Trinajstić information content (AvgIpc) is 2.75. The van der Waals surface area contributed by atoms with E-state index in [0.29, 0.717) is 17.5 Å². The number of fused-ring (bicyclic) bond motifs is 1. The molecule has 24 heavy (non-hydrogen) atoms. The Morgan fingerprint density at radius 3 is 2.92 bits per heavy atom. The summed E-state index contributed by atoms with van der Waals surface area (Å²) >= 11 is 3.96. The van der Waals surface area contributed by atoms with E-state index in [4.69, 9.17) is 10.1 Å². The second kappa shape index (κ2) is 7.36. The van der Waals surface area contributed by atoms with Crippen LogP contribution in [-0.2, 0) is 12.8 Å². The summed E-state index contributed by atoms with van der Waals surface area (Å²) in [6.07, 6.45) is 7.84. The fraction of sp³-hybridized carbons (Fsp3) is 0.368. The van der Waals surface area contributed by atoms with Gasteiger partial charge in [0.05, 0.1) is 18.5 Å². The van der Waals surface area contributed by atoms with Gasteiger partial charge in [0.25, 0.3) is 0 Å². The molecule has 3 rings (SSSR count). The Hall–Kier alpha value is -1.85. The second-order valence-corrected chi connectivity index (χ2v) is 6.56. The van der Waals surface area contributed by atoms with Crippen molar-refractivity contribution in [1.82, 2.24) is 4.90 Å². The summed E-state index contributed by atoms with van der Waals surface area (Å²) in [5, 5.41) is 7.82. The lowest BCUT2D eigenvalue weighted by Crippen LogP contribution is -2.36. The van der Waals surface area contributed by atoms with Crippen LogP contribution in [0, 0.1) is 5.41 Å². The molecule has 1 N–H and O–H groups in total. The first-order chi connectivity index (χ1) is 11.6. The van der Waals surface area contributed by atoms with Crippen LogP contribution < -0.4 is 4.74 Å². The molecule has 1 aliphatic heterocycles. The number of nitrogens with one attached hydrogen (secondary N) is 1. The van der Waals surface area contributed by atoms with E-state index in [1.807, 2.05) is 12.2 Å². The highest BCUT2D eigenvalue weighted by atomic mass is 32.1. The number of thiol groups is 1. The van der Waals surface area contributed by atoms with Gasteiger partial charge < -0.3 is 4.74 Å². The fourth-order valence-electron chi connectivity index (χ4n) is 3.32. The lowest BCUT2D eigenvalue weighted by molar-refractivity contribution is 0.236. The molecule has 0 aromatic heterocycles. The summed E-state index contributed by atoms with van der Waals surface area (Å²) in [6, 6.07) is 6.88. The monoisotopic (exact) mass is 341 g/mol. The maximum Gasteiger partial charge on any atom is 0.119 e. The van der Waals surface area contributed by atoms with Crippen LogP contribution in [0.1, 0.15) is 18.1 Å². The minimum atomic E-state index is 0.414. The number of methoxy groups -OCH3 is 1. The SMILES string of the molecule is COc1ccc2c(c1)CCN(CC1=C/C(=N/S)C(=N)C=C1)C(C)C2. The topological polar surface area (TPSA) is 48.7 Å². The third kappa shape index (κ3) is 3.62. The van der Waals surface area contributed by atoms with E-state index in [2.05, 4.69) is 47.2 Å². The van der Waals surface area contributed by atoms with Gasteiger partial charge in [0, 0.05) is 19.1 Å². The van der Waals surface area contributed by atoms with E-state index in [1.165, 1.54) is 16.7 Å². The molecule has 1 aromatic carbocycles. The zero-order chi connectivity index (χ0) is 17.1. The van der Waals surface area contributed by atoms with Crippen molar-refractivity contribution in [2.75, 3.05) is 20.2 Å². The van der Waals surface area contributed by atoms with Gasteiger partial charge >= 0.3 is 0 Å². The number of ether oxygens (including phenoxy) is 1. The minimum Gasteiger partial charge on any atom is -0.497 e. The van der Waals surface area contributed by atoms with Crippen LogP contribution in [0.3, 0.4) is 0 Å². The molecule has 0 saturated heterocycles. The fourth-order valence-corrected chi connectivity index (χ4v) is 3.49. The maximum absolute atomic E-state index is 7.82. The average molecular weight is 341 g/mol. The summed E-state index contributed by atoms with van der Waals surface area (Å²) in [7, 11) is 1.72. The summed E-state index contributed by atoms with van der Waals surface area (Å²) in [6.45, 7) is 4.16. The van der Waals surface area contributed by atoms with Crippen molar-refractivity contribution in [3.8, 4) is 5.75 Å². The molecule has 1 unspecified atom stereocenters. The van der Waals surface area contributed by atoms with E-state index in [9.17, 15) is 0 Å². The molecule has 0 amide bonds. The van der Waals surface area contributed by atoms with Crippen molar-refractivity contribution in [3.05, 3.63) is 53.1 Å². The van der Waals surface area contributed by atoms with Crippen LogP contribution in [0.15, 0.2) is 46.4 Å². The quantitative estimate of drug-likeness (QED) is 0.655. The van der Waals surface area contributed by atoms with Gasteiger partial charge in [0.2, 0.25) is 0 Å². The van der Waals surface area contributed by atoms with Gasteiger partial charge in [-0.05, 0) is 73.6 Å². The number of nitrogens with zero attached hydrogens (tertiary/aromatic N) is 2. The minimum absolute atomic E-state index is 0.414. The smallest absolute Gasteiger partial charge is 0.119 e. The Morgan fingerprint density at radius 2 is 2.17 bits per heavy atom. The molecule has 0 bridgehead atoms. The van der Waals surface area contributed by atoms with Crippen molar-refractivity contribution in [2.24, 2.45) is 4.40 Å². The van der Waals surface area contributed by atoms with Gasteiger partial charge in [-0.25, -0.2) is 4.40 Å². The normalized spacial score (nSPS) is 23.0. The molecule has 4 nitrogen and oxygen atoms in total. The van der Waals surface area contributed by atoms with Crippen LogP contribution in [-0.4, -0.2) is 42.6 Å². The predicted octanol–water partition coefficient (Wildman–Crippen LogP) is 3.29. The molecule has 0 fully saturated rings. The molecule has 1 heterocycles. The Kier molecular flexibility index (Phi) is 5.21. The van der Waals surface area contributed by atoms with Crippen LogP contribution >= 0.6 is 12.8 Å². The Balaban J connectivity index is 1.75.